The summed E-state index contributed by atoms with van der Waals surface area (Å²) in [7, 11) is 0. The second-order valence-electron chi connectivity index (χ2n) is 6.79. The van der Waals surface area contributed by atoms with Crippen LogP contribution in [0, 0.1) is 5.82 Å². The number of nitrogens with one attached hydrogen (secondary N) is 1. The molecule has 0 aliphatic rings. The Morgan fingerprint density at radius 1 is 0.935 bits per heavy atom. The fraction of sp³-hybridized carbons (Fsp3) is 0. The maximum absolute atomic E-state index is 14.1. The highest BCUT2D eigenvalue weighted by atomic mass is 19.1. The molecular formula is C23H17FN6O. The molecule has 31 heavy (non-hydrogen) atoms. The van der Waals surface area contributed by atoms with Gasteiger partial charge in [0.05, 0.1) is 5.52 Å². The molecule has 0 saturated heterocycles. The van der Waals surface area contributed by atoms with Crippen LogP contribution in [0.25, 0.3) is 16.7 Å². The standard InChI is InChI=1S/C23H17FN6O/c24-19-5-2-10-26-22(19)30-12-9-15-13-18(6-7-20(15)30)31-21-8-11-27-23(29-21)28-17-4-1-3-16(25)14-17/h1-14H,25H2,(H,27,28,29). The predicted molar refractivity (Wildman–Crippen MR) is 117 cm³/mol. The van der Waals surface area contributed by atoms with Crippen molar-refractivity contribution in [3.05, 3.63) is 91.1 Å². The molecule has 0 aliphatic heterocycles. The van der Waals surface area contributed by atoms with Crippen molar-refractivity contribution in [2.45, 2.75) is 0 Å². The monoisotopic (exact) mass is 412 g/mol. The summed E-state index contributed by atoms with van der Waals surface area (Å²) in [6.45, 7) is 0. The van der Waals surface area contributed by atoms with E-state index < -0.39 is 0 Å². The summed E-state index contributed by atoms with van der Waals surface area (Å²) in [6, 6.07) is 19.3. The zero-order chi connectivity index (χ0) is 21.2. The molecular weight excluding hydrogens is 395 g/mol. The van der Waals surface area contributed by atoms with Crippen molar-refractivity contribution < 1.29 is 9.13 Å². The van der Waals surface area contributed by atoms with Gasteiger partial charge in [-0.2, -0.15) is 4.98 Å². The van der Waals surface area contributed by atoms with Crippen molar-refractivity contribution in [2.24, 2.45) is 0 Å². The molecule has 8 heteroatoms. The molecule has 2 aromatic carbocycles. The van der Waals surface area contributed by atoms with Gasteiger partial charge in [0.2, 0.25) is 11.8 Å². The molecule has 0 aliphatic carbocycles. The number of anilines is 3. The Kier molecular flexibility index (Phi) is 4.64. The molecule has 5 aromatic rings. The van der Waals surface area contributed by atoms with Crippen LogP contribution >= 0.6 is 0 Å². The van der Waals surface area contributed by atoms with Gasteiger partial charge < -0.3 is 15.8 Å². The molecule has 0 atom stereocenters. The number of pyridine rings is 1. The highest BCUT2D eigenvalue weighted by Gasteiger charge is 2.10. The van der Waals surface area contributed by atoms with E-state index >= 15 is 0 Å². The topological polar surface area (TPSA) is 90.9 Å². The van der Waals surface area contributed by atoms with Gasteiger partial charge in [-0.25, -0.2) is 14.4 Å². The number of nitrogens with zero attached hydrogens (tertiary/aromatic N) is 4. The molecule has 152 valence electrons. The van der Waals surface area contributed by atoms with E-state index in [4.69, 9.17) is 10.5 Å². The number of halogens is 1. The molecule has 0 radical (unpaired) electrons. The summed E-state index contributed by atoms with van der Waals surface area (Å²) >= 11 is 0. The average Bonchev–Trinajstić information content (AvgIpc) is 3.17. The molecule has 0 fully saturated rings. The maximum atomic E-state index is 14.1. The Balaban J connectivity index is 1.39. The Bertz CT molecular complexity index is 1380. The number of nitrogens with two attached hydrogens (primary N) is 1. The summed E-state index contributed by atoms with van der Waals surface area (Å²) in [5, 5.41) is 3.98. The summed E-state index contributed by atoms with van der Waals surface area (Å²) in [5.74, 6) is 1.23. The van der Waals surface area contributed by atoms with Gasteiger partial charge in [0.15, 0.2) is 11.6 Å². The minimum Gasteiger partial charge on any atom is -0.439 e. The van der Waals surface area contributed by atoms with Crippen LogP contribution < -0.4 is 15.8 Å². The smallest absolute Gasteiger partial charge is 0.230 e. The third kappa shape index (κ3) is 3.86. The Morgan fingerprint density at radius 2 is 1.87 bits per heavy atom. The molecule has 3 heterocycles. The van der Waals surface area contributed by atoms with Gasteiger partial charge in [-0.15, -0.1) is 0 Å². The lowest BCUT2D eigenvalue weighted by Gasteiger charge is -2.09. The van der Waals surface area contributed by atoms with E-state index in [0.717, 1.165) is 16.6 Å². The lowest BCUT2D eigenvalue weighted by molar-refractivity contribution is 0.463. The Morgan fingerprint density at radius 3 is 2.74 bits per heavy atom. The highest BCUT2D eigenvalue weighted by molar-refractivity contribution is 5.83. The summed E-state index contributed by atoms with van der Waals surface area (Å²) in [5.41, 5.74) is 8.04. The van der Waals surface area contributed by atoms with E-state index in [1.807, 2.05) is 30.3 Å². The van der Waals surface area contributed by atoms with Crippen molar-refractivity contribution in [1.82, 2.24) is 19.5 Å². The first-order valence-corrected chi connectivity index (χ1v) is 9.51. The van der Waals surface area contributed by atoms with E-state index in [0.29, 0.717) is 23.3 Å². The van der Waals surface area contributed by atoms with Crippen LogP contribution in [0.3, 0.4) is 0 Å². The van der Waals surface area contributed by atoms with Crippen molar-refractivity contribution in [1.29, 1.82) is 0 Å². The van der Waals surface area contributed by atoms with E-state index in [9.17, 15) is 4.39 Å². The highest BCUT2D eigenvalue weighted by Crippen LogP contribution is 2.28. The predicted octanol–water partition coefficient (Wildman–Crippen LogP) is 5.07. The molecule has 0 amide bonds. The van der Waals surface area contributed by atoms with Crippen molar-refractivity contribution >= 4 is 28.2 Å². The van der Waals surface area contributed by atoms with Crippen molar-refractivity contribution in [2.75, 3.05) is 11.1 Å². The minimum atomic E-state index is -0.387. The molecule has 0 unspecified atom stereocenters. The molecule has 0 saturated carbocycles. The zero-order valence-electron chi connectivity index (χ0n) is 16.2. The summed E-state index contributed by atoms with van der Waals surface area (Å²) in [6.07, 6.45) is 4.94. The lowest BCUT2D eigenvalue weighted by Crippen LogP contribution is -1.99. The minimum absolute atomic E-state index is 0.249. The van der Waals surface area contributed by atoms with Gasteiger partial charge in [-0.3, -0.25) is 4.57 Å². The van der Waals surface area contributed by atoms with Crippen LogP contribution in [-0.2, 0) is 0 Å². The molecule has 3 aromatic heterocycles. The number of ether oxygens (including phenoxy) is 1. The summed E-state index contributed by atoms with van der Waals surface area (Å²) < 4.78 is 21.7. The van der Waals surface area contributed by atoms with Crippen molar-refractivity contribution in [3.63, 3.8) is 0 Å². The zero-order valence-corrected chi connectivity index (χ0v) is 16.2. The number of nitrogen functional groups attached to an aromatic ring is 1. The van der Waals surface area contributed by atoms with E-state index in [-0.39, 0.29) is 11.6 Å². The largest absolute Gasteiger partial charge is 0.439 e. The van der Waals surface area contributed by atoms with E-state index in [1.54, 1.807) is 53.5 Å². The number of hydrogen-bond acceptors (Lipinski definition) is 6. The number of fused-ring (bicyclic) bond motifs is 1. The average molecular weight is 412 g/mol. The third-order valence-corrected chi connectivity index (χ3v) is 4.62. The number of benzene rings is 2. The van der Waals surface area contributed by atoms with Gasteiger partial charge in [0, 0.05) is 41.4 Å². The van der Waals surface area contributed by atoms with Gasteiger partial charge >= 0.3 is 0 Å². The second-order valence-corrected chi connectivity index (χ2v) is 6.79. The lowest BCUT2D eigenvalue weighted by atomic mass is 10.2. The van der Waals surface area contributed by atoms with Crippen molar-refractivity contribution in [3.8, 4) is 17.4 Å². The fourth-order valence-corrected chi connectivity index (χ4v) is 3.25. The van der Waals surface area contributed by atoms with Gasteiger partial charge in [-0.05, 0) is 54.6 Å². The van der Waals surface area contributed by atoms with E-state index in [2.05, 4.69) is 20.3 Å². The number of aromatic nitrogens is 4. The first kappa shape index (κ1) is 18.6. The van der Waals surface area contributed by atoms with Gasteiger partial charge in [-0.1, -0.05) is 6.07 Å². The normalized spacial score (nSPS) is 10.9. The van der Waals surface area contributed by atoms with E-state index in [1.165, 1.54) is 6.07 Å². The number of rotatable bonds is 5. The summed E-state index contributed by atoms with van der Waals surface area (Å²) in [4.78, 5) is 12.7. The van der Waals surface area contributed by atoms with Crippen LogP contribution in [0.1, 0.15) is 0 Å². The second kappa shape index (κ2) is 7.75. The Hall–Kier alpha value is -4.46. The van der Waals surface area contributed by atoms with Gasteiger partial charge in [0.25, 0.3) is 0 Å². The first-order chi connectivity index (χ1) is 15.2. The molecule has 7 nitrogen and oxygen atoms in total. The maximum Gasteiger partial charge on any atom is 0.230 e. The van der Waals surface area contributed by atoms with Crippen LogP contribution in [0.5, 0.6) is 11.6 Å². The molecule has 0 bridgehead atoms. The molecule has 5 rings (SSSR count). The Labute approximate surface area is 177 Å². The number of hydrogen-bond donors (Lipinski definition) is 2. The molecule has 0 spiro atoms. The van der Waals surface area contributed by atoms with Crippen LogP contribution in [-0.4, -0.2) is 19.5 Å². The van der Waals surface area contributed by atoms with Crippen LogP contribution in [0.4, 0.5) is 21.7 Å². The molecule has 3 N–H and O–H groups in total. The quantitative estimate of drug-likeness (QED) is 0.392. The first-order valence-electron chi connectivity index (χ1n) is 9.51. The van der Waals surface area contributed by atoms with Crippen LogP contribution in [0.15, 0.2) is 85.3 Å². The SMILES string of the molecule is Nc1cccc(Nc2nccc(Oc3ccc4c(ccn4-c4ncccc4F)c3)n2)c1. The van der Waals surface area contributed by atoms with Gasteiger partial charge in [0.1, 0.15) is 5.75 Å². The fourth-order valence-electron chi connectivity index (χ4n) is 3.25. The third-order valence-electron chi connectivity index (χ3n) is 4.62. The van der Waals surface area contributed by atoms with Crippen LogP contribution in [0.2, 0.25) is 0 Å².